The molecule has 1 aliphatic rings. The number of halogens is 1. The van der Waals surface area contributed by atoms with Gasteiger partial charge in [-0.1, -0.05) is 74.5 Å². The molecule has 0 saturated carbocycles. The molecule has 2 aromatic rings. The minimum Gasteiger partial charge on any atom is -0.340 e. The van der Waals surface area contributed by atoms with Gasteiger partial charge in [0.2, 0.25) is 5.91 Å². The van der Waals surface area contributed by atoms with E-state index >= 15 is 0 Å². The normalized spacial score (nSPS) is 20.7. The van der Waals surface area contributed by atoms with Gasteiger partial charge in [0.1, 0.15) is 0 Å². The summed E-state index contributed by atoms with van der Waals surface area (Å²) in [6.45, 7) is 5.64. The second-order valence-electron chi connectivity index (χ2n) is 7.46. The summed E-state index contributed by atoms with van der Waals surface area (Å²) in [5.41, 5.74) is 8.83. The average Bonchev–Trinajstić information content (AvgIpc) is 3.02. The Hall–Kier alpha value is -1.84. The summed E-state index contributed by atoms with van der Waals surface area (Å²) in [7, 11) is 0. The lowest BCUT2D eigenvalue weighted by atomic mass is 9.88. The summed E-state index contributed by atoms with van der Waals surface area (Å²) in [5.74, 6) is 0.784. The molecule has 3 rings (SSSR count). The fourth-order valence-electron chi connectivity index (χ4n) is 3.77. The van der Waals surface area contributed by atoms with Crippen molar-refractivity contribution in [3.63, 3.8) is 0 Å². The van der Waals surface area contributed by atoms with E-state index in [1.165, 1.54) is 11.1 Å². The molecular formula is C22H29ClN2O. The Morgan fingerprint density at radius 2 is 1.62 bits per heavy atom. The van der Waals surface area contributed by atoms with Crippen LogP contribution < -0.4 is 5.73 Å². The molecule has 1 unspecified atom stereocenters. The third-order valence-electron chi connectivity index (χ3n) is 5.32. The third-order valence-corrected chi connectivity index (χ3v) is 5.32. The van der Waals surface area contributed by atoms with Crippen molar-refractivity contribution >= 4 is 18.3 Å². The monoisotopic (exact) mass is 372 g/mol. The zero-order chi connectivity index (χ0) is 17.8. The van der Waals surface area contributed by atoms with Crippen molar-refractivity contribution in [2.24, 2.45) is 17.6 Å². The summed E-state index contributed by atoms with van der Waals surface area (Å²) in [6, 6.07) is 20.6. The zero-order valence-electron chi connectivity index (χ0n) is 15.5. The van der Waals surface area contributed by atoms with Crippen LogP contribution in [0, 0.1) is 11.8 Å². The number of nitrogens with two attached hydrogens (primary N) is 1. The van der Waals surface area contributed by atoms with Gasteiger partial charge in [-0.2, -0.15) is 0 Å². The van der Waals surface area contributed by atoms with Crippen LogP contribution in [0.25, 0.3) is 0 Å². The predicted octanol–water partition coefficient (Wildman–Crippen LogP) is 3.88. The van der Waals surface area contributed by atoms with E-state index in [1.54, 1.807) is 0 Å². The Bertz CT molecular complexity index is 690. The van der Waals surface area contributed by atoms with Crippen LogP contribution in [0.3, 0.4) is 0 Å². The van der Waals surface area contributed by atoms with Gasteiger partial charge in [-0.05, 0) is 23.5 Å². The molecule has 0 spiro atoms. The van der Waals surface area contributed by atoms with Crippen LogP contribution in [-0.2, 0) is 11.2 Å². The topological polar surface area (TPSA) is 46.3 Å². The molecule has 0 bridgehead atoms. The Kier molecular flexibility index (Phi) is 7.24. The highest BCUT2D eigenvalue weighted by Gasteiger charge is 2.37. The van der Waals surface area contributed by atoms with Crippen molar-refractivity contribution in [1.29, 1.82) is 0 Å². The molecule has 1 saturated heterocycles. The number of likely N-dealkylation sites (tertiary alicyclic amines) is 1. The molecule has 2 aromatic carbocycles. The summed E-state index contributed by atoms with van der Waals surface area (Å²) in [5, 5.41) is 0. The quantitative estimate of drug-likeness (QED) is 0.865. The van der Waals surface area contributed by atoms with Crippen LogP contribution in [0.5, 0.6) is 0 Å². The molecule has 0 aromatic heterocycles. The van der Waals surface area contributed by atoms with Crippen LogP contribution in [0.2, 0.25) is 0 Å². The first-order valence-electron chi connectivity index (χ1n) is 9.19. The molecule has 3 nitrogen and oxygen atoms in total. The van der Waals surface area contributed by atoms with E-state index in [9.17, 15) is 4.79 Å². The molecule has 3 atom stereocenters. The zero-order valence-corrected chi connectivity index (χ0v) is 16.4. The van der Waals surface area contributed by atoms with E-state index in [0.29, 0.717) is 12.5 Å². The molecule has 0 aliphatic carbocycles. The van der Waals surface area contributed by atoms with Gasteiger partial charge in [0.25, 0.3) is 0 Å². The molecule has 26 heavy (non-hydrogen) atoms. The summed E-state index contributed by atoms with van der Waals surface area (Å²) >= 11 is 0. The van der Waals surface area contributed by atoms with Gasteiger partial charge in [-0.25, -0.2) is 0 Å². The standard InChI is InChI=1S/C22H28N2O.ClH/c1-16(2)19(13-17-9-5-3-6-10-17)22(25)24-14-20(21(23)15-24)18-11-7-4-8-12-18;/h3-12,16,19-21H,13-15,23H2,1-2H3;1H/t19?,20-,21+;/m0./s1. The molecule has 1 heterocycles. The Morgan fingerprint density at radius 1 is 1.04 bits per heavy atom. The smallest absolute Gasteiger partial charge is 0.226 e. The molecule has 4 heteroatoms. The van der Waals surface area contributed by atoms with Crippen LogP contribution in [0.1, 0.15) is 30.9 Å². The number of hydrogen-bond acceptors (Lipinski definition) is 2. The number of carbonyl (C=O) groups excluding carboxylic acids is 1. The SMILES string of the molecule is CC(C)C(Cc1ccccc1)C(=O)N1C[C@@H](N)[C@H](c2ccccc2)C1.Cl. The van der Waals surface area contributed by atoms with Crippen LogP contribution in [-0.4, -0.2) is 29.9 Å². The van der Waals surface area contributed by atoms with Gasteiger partial charge >= 0.3 is 0 Å². The second-order valence-corrected chi connectivity index (χ2v) is 7.46. The first-order valence-corrected chi connectivity index (χ1v) is 9.19. The Labute approximate surface area is 163 Å². The van der Waals surface area contributed by atoms with E-state index in [-0.39, 0.29) is 36.2 Å². The number of benzene rings is 2. The summed E-state index contributed by atoms with van der Waals surface area (Å²) in [6.07, 6.45) is 0.791. The van der Waals surface area contributed by atoms with Crippen molar-refractivity contribution < 1.29 is 4.79 Å². The molecule has 1 amide bonds. The Morgan fingerprint density at radius 3 is 2.19 bits per heavy atom. The van der Waals surface area contributed by atoms with Crippen molar-refractivity contribution in [3.8, 4) is 0 Å². The summed E-state index contributed by atoms with van der Waals surface area (Å²) < 4.78 is 0. The number of nitrogens with zero attached hydrogens (tertiary/aromatic N) is 1. The van der Waals surface area contributed by atoms with Crippen LogP contribution in [0.4, 0.5) is 0 Å². The van der Waals surface area contributed by atoms with Gasteiger partial charge in [-0.3, -0.25) is 4.79 Å². The molecule has 2 N–H and O–H groups in total. The van der Waals surface area contributed by atoms with Crippen LogP contribution in [0.15, 0.2) is 60.7 Å². The molecule has 1 aliphatic heterocycles. The van der Waals surface area contributed by atoms with E-state index < -0.39 is 0 Å². The maximum absolute atomic E-state index is 13.2. The first kappa shape index (κ1) is 20.5. The Balaban J connectivity index is 0.00000243. The van der Waals surface area contributed by atoms with E-state index in [1.807, 2.05) is 41.3 Å². The lowest BCUT2D eigenvalue weighted by Crippen LogP contribution is -2.39. The van der Waals surface area contributed by atoms with Gasteiger partial charge in [0, 0.05) is 31.0 Å². The van der Waals surface area contributed by atoms with Crippen molar-refractivity contribution in [3.05, 3.63) is 71.8 Å². The van der Waals surface area contributed by atoms with Gasteiger partial charge in [0.15, 0.2) is 0 Å². The van der Waals surface area contributed by atoms with E-state index in [0.717, 1.165) is 13.0 Å². The fraction of sp³-hybridized carbons (Fsp3) is 0.409. The minimum absolute atomic E-state index is 0. The highest BCUT2D eigenvalue weighted by Crippen LogP contribution is 2.29. The van der Waals surface area contributed by atoms with E-state index in [4.69, 9.17) is 5.73 Å². The van der Waals surface area contributed by atoms with Crippen molar-refractivity contribution in [1.82, 2.24) is 4.90 Å². The first-order chi connectivity index (χ1) is 12.1. The van der Waals surface area contributed by atoms with Crippen molar-refractivity contribution in [2.75, 3.05) is 13.1 Å². The van der Waals surface area contributed by atoms with Gasteiger partial charge in [-0.15, -0.1) is 12.4 Å². The minimum atomic E-state index is 0. The average molecular weight is 373 g/mol. The highest BCUT2D eigenvalue weighted by atomic mass is 35.5. The fourth-order valence-corrected chi connectivity index (χ4v) is 3.77. The number of carbonyl (C=O) groups is 1. The van der Waals surface area contributed by atoms with Crippen LogP contribution >= 0.6 is 12.4 Å². The molecular weight excluding hydrogens is 344 g/mol. The number of amides is 1. The third kappa shape index (κ3) is 4.66. The lowest BCUT2D eigenvalue weighted by molar-refractivity contribution is -0.135. The predicted molar refractivity (Wildman–Crippen MR) is 109 cm³/mol. The maximum Gasteiger partial charge on any atom is 0.226 e. The second kappa shape index (κ2) is 9.20. The number of hydrogen-bond donors (Lipinski definition) is 1. The molecule has 1 fully saturated rings. The molecule has 0 radical (unpaired) electrons. The number of rotatable bonds is 5. The highest BCUT2D eigenvalue weighted by molar-refractivity contribution is 5.85. The largest absolute Gasteiger partial charge is 0.340 e. The van der Waals surface area contributed by atoms with E-state index in [2.05, 4.69) is 38.1 Å². The van der Waals surface area contributed by atoms with Gasteiger partial charge in [0.05, 0.1) is 0 Å². The summed E-state index contributed by atoms with van der Waals surface area (Å²) in [4.78, 5) is 15.2. The van der Waals surface area contributed by atoms with Crippen molar-refractivity contribution in [2.45, 2.75) is 32.2 Å². The molecule has 140 valence electrons. The lowest BCUT2D eigenvalue weighted by Gasteiger charge is -2.26. The van der Waals surface area contributed by atoms with Gasteiger partial charge < -0.3 is 10.6 Å². The maximum atomic E-state index is 13.2.